The number of rotatable bonds is 5. The molecule has 0 spiro atoms. The molecule has 2 amide bonds. The van der Waals surface area contributed by atoms with Crippen LogP contribution in [-0.4, -0.2) is 67.0 Å². The molecule has 3 aromatic heterocycles. The number of likely N-dealkylation sites (tertiary alicyclic amines) is 1. The van der Waals surface area contributed by atoms with Crippen molar-refractivity contribution in [3.8, 4) is 0 Å². The maximum Gasteiger partial charge on any atom is 0.280 e. The number of aromatic nitrogens is 4. The molecular weight excluding hydrogens is 429 g/mol. The van der Waals surface area contributed by atoms with Gasteiger partial charge in [-0.15, -0.1) is 0 Å². The van der Waals surface area contributed by atoms with Crippen molar-refractivity contribution in [2.75, 3.05) is 25.5 Å². The lowest BCUT2D eigenvalue weighted by Crippen LogP contribution is -2.38. The zero-order chi connectivity index (χ0) is 23.3. The van der Waals surface area contributed by atoms with E-state index in [4.69, 9.17) is 0 Å². The molecule has 10 nitrogen and oxygen atoms in total. The van der Waals surface area contributed by atoms with Crippen LogP contribution in [0.2, 0.25) is 0 Å². The van der Waals surface area contributed by atoms with E-state index in [1.807, 2.05) is 14.0 Å². The molecule has 0 radical (unpaired) electrons. The van der Waals surface area contributed by atoms with E-state index >= 15 is 0 Å². The predicted molar refractivity (Wildman–Crippen MR) is 117 cm³/mol. The SMILES string of the molecule is CCc1cc2n(CC(=O)Nc3ccc(F)cn3)c3c(c(=O)n2n1)CN([C@H]1CCN(C)C1)C3=O. The van der Waals surface area contributed by atoms with Gasteiger partial charge in [-0.2, -0.15) is 9.61 Å². The van der Waals surface area contributed by atoms with E-state index in [-0.39, 0.29) is 42.1 Å². The minimum atomic E-state index is -0.512. The van der Waals surface area contributed by atoms with E-state index in [0.29, 0.717) is 23.3 Å². The summed E-state index contributed by atoms with van der Waals surface area (Å²) in [4.78, 5) is 47.3. The molecule has 11 heteroatoms. The van der Waals surface area contributed by atoms with Gasteiger partial charge in [0.15, 0.2) is 0 Å². The van der Waals surface area contributed by atoms with Crippen molar-refractivity contribution < 1.29 is 14.0 Å². The number of anilines is 1. The van der Waals surface area contributed by atoms with E-state index in [0.717, 1.165) is 25.7 Å². The van der Waals surface area contributed by atoms with Crippen molar-refractivity contribution >= 4 is 23.3 Å². The summed E-state index contributed by atoms with van der Waals surface area (Å²) in [6, 6.07) is 4.29. The number of fused-ring (bicyclic) bond motifs is 2. The smallest absolute Gasteiger partial charge is 0.280 e. The Morgan fingerprint density at radius 3 is 2.79 bits per heavy atom. The lowest BCUT2D eigenvalue weighted by Gasteiger charge is -2.23. The Balaban J connectivity index is 1.55. The van der Waals surface area contributed by atoms with Gasteiger partial charge in [-0.3, -0.25) is 14.4 Å². The number of nitrogens with zero attached hydrogens (tertiary/aromatic N) is 6. The first-order valence-electron chi connectivity index (χ1n) is 10.9. The fourth-order valence-electron chi connectivity index (χ4n) is 4.60. The molecule has 0 bridgehead atoms. The second kappa shape index (κ2) is 8.07. The van der Waals surface area contributed by atoms with Crippen molar-refractivity contribution in [1.82, 2.24) is 29.0 Å². The van der Waals surface area contributed by atoms with Crippen LogP contribution in [-0.2, 0) is 24.3 Å². The van der Waals surface area contributed by atoms with Gasteiger partial charge in [0.05, 0.1) is 24.0 Å². The minimum absolute atomic E-state index is 0.0125. The van der Waals surface area contributed by atoms with Gasteiger partial charge in [0, 0.05) is 18.7 Å². The Morgan fingerprint density at radius 1 is 1.30 bits per heavy atom. The Hall–Kier alpha value is -3.60. The Morgan fingerprint density at radius 2 is 2.12 bits per heavy atom. The number of hydrogen-bond acceptors (Lipinski definition) is 6. The van der Waals surface area contributed by atoms with E-state index in [1.165, 1.54) is 16.6 Å². The van der Waals surface area contributed by atoms with E-state index in [9.17, 15) is 18.8 Å². The highest BCUT2D eigenvalue weighted by molar-refractivity contribution is 5.98. The molecule has 1 N–H and O–H groups in total. The van der Waals surface area contributed by atoms with Crippen molar-refractivity contribution in [3.63, 3.8) is 0 Å². The molecule has 33 heavy (non-hydrogen) atoms. The van der Waals surface area contributed by atoms with Crippen molar-refractivity contribution in [2.24, 2.45) is 0 Å². The number of halogens is 1. The third-order valence-electron chi connectivity index (χ3n) is 6.28. The first-order valence-corrected chi connectivity index (χ1v) is 10.9. The summed E-state index contributed by atoms with van der Waals surface area (Å²) in [6.07, 6.45) is 2.44. The lowest BCUT2D eigenvalue weighted by molar-refractivity contribution is -0.116. The molecule has 2 aliphatic rings. The van der Waals surface area contributed by atoms with Gasteiger partial charge in [0.2, 0.25) is 5.91 Å². The normalized spacial score (nSPS) is 18.3. The Kier molecular flexibility index (Phi) is 5.20. The number of hydrogen-bond donors (Lipinski definition) is 1. The van der Waals surface area contributed by atoms with E-state index in [1.54, 1.807) is 15.5 Å². The zero-order valence-corrected chi connectivity index (χ0v) is 18.4. The molecule has 0 saturated carbocycles. The number of amides is 2. The molecule has 5 rings (SSSR count). The van der Waals surface area contributed by atoms with Crippen LogP contribution >= 0.6 is 0 Å². The molecule has 0 aliphatic carbocycles. The first-order chi connectivity index (χ1) is 15.9. The molecule has 3 aromatic rings. The van der Waals surface area contributed by atoms with Gasteiger partial charge in [-0.25, -0.2) is 9.37 Å². The maximum atomic E-state index is 13.5. The number of aryl methyl sites for hydroxylation is 1. The Labute approximate surface area is 188 Å². The van der Waals surface area contributed by atoms with Gasteiger partial charge in [0.25, 0.3) is 11.5 Å². The lowest BCUT2D eigenvalue weighted by atomic mass is 10.2. The summed E-state index contributed by atoms with van der Waals surface area (Å²) in [5.74, 6) is -1.02. The van der Waals surface area contributed by atoms with Crippen LogP contribution in [0.5, 0.6) is 0 Å². The zero-order valence-electron chi connectivity index (χ0n) is 18.4. The van der Waals surface area contributed by atoms with Crippen LogP contribution in [0, 0.1) is 5.82 Å². The molecule has 5 heterocycles. The van der Waals surface area contributed by atoms with Crippen molar-refractivity contribution in [3.05, 3.63) is 57.5 Å². The number of carbonyl (C=O) groups is 2. The van der Waals surface area contributed by atoms with Crippen molar-refractivity contribution in [2.45, 2.75) is 38.9 Å². The topological polar surface area (TPSA) is 105 Å². The van der Waals surface area contributed by atoms with Crippen LogP contribution < -0.4 is 10.9 Å². The fraction of sp³-hybridized carbons (Fsp3) is 0.409. The first kappa shape index (κ1) is 21.3. The Bertz CT molecular complexity index is 1310. The average Bonchev–Trinajstić information content (AvgIpc) is 3.50. The van der Waals surface area contributed by atoms with Crippen LogP contribution in [0.1, 0.15) is 35.1 Å². The molecular formula is C22H24FN7O3. The predicted octanol–water partition coefficient (Wildman–Crippen LogP) is 0.891. The number of pyridine rings is 1. The van der Waals surface area contributed by atoms with E-state index < -0.39 is 11.7 Å². The van der Waals surface area contributed by atoms with Gasteiger partial charge >= 0.3 is 0 Å². The molecule has 1 fully saturated rings. The molecule has 172 valence electrons. The molecule has 1 saturated heterocycles. The minimum Gasteiger partial charge on any atom is -0.328 e. The highest BCUT2D eigenvalue weighted by Crippen LogP contribution is 2.27. The van der Waals surface area contributed by atoms with E-state index in [2.05, 4.69) is 20.3 Å². The van der Waals surface area contributed by atoms with Gasteiger partial charge in [0.1, 0.15) is 29.5 Å². The van der Waals surface area contributed by atoms with Crippen molar-refractivity contribution in [1.29, 1.82) is 0 Å². The summed E-state index contributed by atoms with van der Waals surface area (Å²) in [6.45, 7) is 3.52. The third kappa shape index (κ3) is 3.67. The average molecular weight is 453 g/mol. The van der Waals surface area contributed by atoms with Gasteiger partial charge in [-0.05, 0) is 38.6 Å². The molecule has 0 aromatic carbocycles. The van der Waals surface area contributed by atoms with Crippen LogP contribution in [0.25, 0.3) is 5.65 Å². The van der Waals surface area contributed by atoms with Crippen LogP contribution in [0.4, 0.5) is 10.2 Å². The quantitative estimate of drug-likeness (QED) is 0.615. The second-order valence-corrected chi connectivity index (χ2v) is 8.53. The van der Waals surface area contributed by atoms with Gasteiger partial charge in [-0.1, -0.05) is 6.92 Å². The number of nitrogens with one attached hydrogen (secondary N) is 1. The largest absolute Gasteiger partial charge is 0.328 e. The highest BCUT2D eigenvalue weighted by Gasteiger charge is 2.40. The summed E-state index contributed by atoms with van der Waals surface area (Å²) >= 11 is 0. The standard InChI is InChI=1S/C22H24FN7O3/c1-3-14-8-19-29(12-18(31)25-17-5-4-13(23)9-24-17)20-16(21(32)30(19)26-14)11-28(22(20)33)15-6-7-27(2)10-15/h4-5,8-9,15H,3,6-7,10-12H2,1-2H3,(H,24,25,31)/t15-/m0/s1. The summed E-state index contributed by atoms with van der Waals surface area (Å²) in [5, 5.41) is 7.01. The second-order valence-electron chi connectivity index (χ2n) is 8.53. The van der Waals surface area contributed by atoms with Gasteiger partial charge < -0.3 is 19.7 Å². The molecule has 2 aliphatic heterocycles. The number of likely N-dealkylation sites (N-methyl/N-ethyl adjacent to an activating group) is 1. The monoisotopic (exact) mass is 453 g/mol. The summed E-state index contributed by atoms with van der Waals surface area (Å²) in [7, 11) is 2.00. The summed E-state index contributed by atoms with van der Waals surface area (Å²) in [5.41, 5.74) is 1.31. The third-order valence-corrected chi connectivity index (χ3v) is 6.28. The highest BCUT2D eigenvalue weighted by atomic mass is 19.1. The fourth-order valence-corrected chi connectivity index (χ4v) is 4.60. The summed E-state index contributed by atoms with van der Waals surface area (Å²) < 4.78 is 16.0. The molecule has 1 atom stereocenters. The number of carbonyl (C=O) groups excluding carboxylic acids is 2. The van der Waals surface area contributed by atoms with Crippen LogP contribution in [0.15, 0.2) is 29.2 Å². The van der Waals surface area contributed by atoms with Crippen LogP contribution in [0.3, 0.4) is 0 Å². The maximum absolute atomic E-state index is 13.5. The molecule has 0 unspecified atom stereocenters.